The number of nitrogens with zero attached hydrogens (tertiary/aromatic N) is 3. The predicted molar refractivity (Wildman–Crippen MR) is 138 cm³/mol. The topological polar surface area (TPSA) is 149 Å². The molecule has 0 saturated carbocycles. The second kappa shape index (κ2) is 11.2. The van der Waals surface area contributed by atoms with Gasteiger partial charge in [-0.3, -0.25) is 15.1 Å². The van der Waals surface area contributed by atoms with E-state index in [0.717, 1.165) is 43.7 Å². The maximum atomic E-state index is 12.5. The first-order valence-electron chi connectivity index (χ1n) is 11.7. The summed E-state index contributed by atoms with van der Waals surface area (Å²) in [6.45, 7) is 8.37. The highest BCUT2D eigenvalue weighted by Crippen LogP contribution is 2.22. The molecule has 2 heterocycles. The molecule has 1 aromatic carbocycles. The molecule has 1 saturated heterocycles. The van der Waals surface area contributed by atoms with E-state index in [1.807, 2.05) is 39.1 Å². The lowest BCUT2D eigenvalue weighted by molar-refractivity contribution is -0.127. The molecule has 1 aliphatic heterocycles. The number of amides is 1. The predicted octanol–water partition coefficient (Wildman–Crippen LogP) is 2.88. The van der Waals surface area contributed by atoms with Gasteiger partial charge in [-0.05, 0) is 56.1 Å². The molecule has 9 heteroatoms. The van der Waals surface area contributed by atoms with Crippen molar-refractivity contribution in [1.29, 1.82) is 5.41 Å². The number of carbonyl (C=O) groups excluding carboxylic acids is 1. The Bertz CT molecular complexity index is 1060. The number of aromatic amines is 1. The van der Waals surface area contributed by atoms with Crippen molar-refractivity contribution in [3.8, 4) is 0 Å². The Balaban J connectivity index is 1.82. The van der Waals surface area contributed by atoms with E-state index in [-0.39, 0.29) is 17.8 Å². The zero-order valence-electron chi connectivity index (χ0n) is 20.3. The lowest BCUT2D eigenvalue weighted by atomic mass is 9.89. The molecule has 1 amide bonds. The van der Waals surface area contributed by atoms with Crippen LogP contribution in [0.4, 0.5) is 5.69 Å². The monoisotopic (exact) mass is 464 g/mol. The number of H-pyrrole nitrogens is 1. The minimum absolute atomic E-state index is 0.0383. The normalized spacial score (nSPS) is 16.2. The molecule has 0 bridgehead atoms. The van der Waals surface area contributed by atoms with Gasteiger partial charge in [-0.1, -0.05) is 32.9 Å². The summed E-state index contributed by atoms with van der Waals surface area (Å²) in [5.74, 6) is 0.310. The summed E-state index contributed by atoms with van der Waals surface area (Å²) < 4.78 is 0. The van der Waals surface area contributed by atoms with Gasteiger partial charge in [-0.25, -0.2) is 9.98 Å². The number of likely N-dealkylation sites (tertiary alicyclic amines) is 1. The number of hydrogen-bond donors (Lipinski definition) is 5. The minimum Gasteiger partial charge on any atom is -0.390 e. The molecular weight excluding hydrogens is 428 g/mol. The largest absolute Gasteiger partial charge is 0.390 e. The number of nitrogens with two attached hydrogens (primary N) is 2. The molecule has 0 unspecified atom stereocenters. The maximum Gasteiger partial charge on any atom is 0.231 e. The summed E-state index contributed by atoms with van der Waals surface area (Å²) in [6, 6.07) is 9.47. The third-order valence-electron chi connectivity index (χ3n) is 6.39. The van der Waals surface area contributed by atoms with Crippen LogP contribution in [-0.2, 0) is 11.3 Å². The van der Waals surface area contributed by atoms with E-state index >= 15 is 0 Å². The van der Waals surface area contributed by atoms with E-state index in [1.54, 1.807) is 18.2 Å². The number of hydrogen-bond acceptors (Lipinski definition) is 5. The Morgan fingerprint density at radius 2 is 2.06 bits per heavy atom. The summed E-state index contributed by atoms with van der Waals surface area (Å²) in [7, 11) is 0. The SMILES string of the molecule is CCC(C)(C)C(=O)NC(=N)c1cccc(N=C(N=CN)c2[nH]ccc2CN2CCC(N)CC2)c1. The lowest BCUT2D eigenvalue weighted by Crippen LogP contribution is -2.40. The van der Waals surface area contributed by atoms with Crippen LogP contribution in [-0.4, -0.2) is 52.9 Å². The zero-order valence-corrected chi connectivity index (χ0v) is 20.3. The number of rotatable bonds is 7. The highest BCUT2D eigenvalue weighted by molar-refractivity contribution is 6.08. The smallest absolute Gasteiger partial charge is 0.231 e. The molecule has 0 spiro atoms. The molecule has 34 heavy (non-hydrogen) atoms. The van der Waals surface area contributed by atoms with Gasteiger partial charge < -0.3 is 21.8 Å². The van der Waals surface area contributed by atoms with Gasteiger partial charge in [0.25, 0.3) is 0 Å². The van der Waals surface area contributed by atoms with E-state index in [1.165, 1.54) is 6.34 Å². The van der Waals surface area contributed by atoms with Crippen molar-refractivity contribution in [2.75, 3.05) is 13.1 Å². The molecule has 1 aliphatic rings. The third kappa shape index (κ3) is 6.39. The van der Waals surface area contributed by atoms with Crippen LogP contribution in [0.5, 0.6) is 0 Å². The highest BCUT2D eigenvalue weighted by atomic mass is 16.2. The van der Waals surface area contributed by atoms with Crippen molar-refractivity contribution in [1.82, 2.24) is 15.2 Å². The van der Waals surface area contributed by atoms with Crippen LogP contribution in [0.2, 0.25) is 0 Å². The molecule has 0 radical (unpaired) electrons. The van der Waals surface area contributed by atoms with Crippen molar-refractivity contribution in [3.05, 3.63) is 53.3 Å². The first kappa shape index (κ1) is 25.3. The lowest BCUT2D eigenvalue weighted by Gasteiger charge is -2.30. The second-order valence-electron chi connectivity index (χ2n) is 9.32. The standard InChI is InChI=1S/C25H36N8O/c1-4-25(2,3)24(34)32-22(28)17-6-5-7-20(14-17)31-23(30-16-26)21-18(8-11-29-21)15-33-12-9-19(27)10-13-33/h5-8,11,14,16,19,29H,4,9-10,12-13,15,27H2,1-3H3,(H2,26,30,31)(H2,28,32,34). The van der Waals surface area contributed by atoms with Crippen molar-refractivity contribution in [2.45, 2.75) is 52.6 Å². The quantitative estimate of drug-likeness (QED) is 0.316. The van der Waals surface area contributed by atoms with Crippen molar-refractivity contribution < 1.29 is 4.79 Å². The van der Waals surface area contributed by atoms with E-state index in [9.17, 15) is 4.79 Å². The second-order valence-corrected chi connectivity index (χ2v) is 9.32. The van der Waals surface area contributed by atoms with E-state index < -0.39 is 5.41 Å². The van der Waals surface area contributed by atoms with Crippen molar-refractivity contribution in [2.24, 2.45) is 26.9 Å². The van der Waals surface area contributed by atoms with Crippen LogP contribution in [0.3, 0.4) is 0 Å². The van der Waals surface area contributed by atoms with Gasteiger partial charge in [-0.15, -0.1) is 0 Å². The Morgan fingerprint density at radius 1 is 1.32 bits per heavy atom. The molecule has 2 aromatic rings. The fourth-order valence-corrected chi connectivity index (χ4v) is 3.68. The van der Waals surface area contributed by atoms with Crippen LogP contribution in [0.15, 0.2) is 46.5 Å². The number of carbonyl (C=O) groups is 1. The molecular formula is C25H36N8O. The Kier molecular flexibility index (Phi) is 8.36. The summed E-state index contributed by atoms with van der Waals surface area (Å²) >= 11 is 0. The number of aromatic nitrogens is 1. The van der Waals surface area contributed by atoms with Gasteiger partial charge in [0, 0.05) is 29.8 Å². The number of piperidine rings is 1. The molecule has 1 aromatic heterocycles. The number of amidine groups is 2. The van der Waals surface area contributed by atoms with Crippen molar-refractivity contribution in [3.63, 3.8) is 0 Å². The molecule has 0 atom stereocenters. The average Bonchev–Trinajstić information content (AvgIpc) is 3.28. The molecule has 7 N–H and O–H groups in total. The van der Waals surface area contributed by atoms with E-state index in [2.05, 4.69) is 20.2 Å². The van der Waals surface area contributed by atoms with Crippen LogP contribution >= 0.6 is 0 Å². The fourth-order valence-electron chi connectivity index (χ4n) is 3.68. The number of benzene rings is 1. The molecule has 3 rings (SSSR count). The van der Waals surface area contributed by atoms with E-state index in [4.69, 9.17) is 21.9 Å². The molecule has 182 valence electrons. The summed E-state index contributed by atoms with van der Waals surface area (Å²) in [6.07, 6.45) is 5.76. The average molecular weight is 465 g/mol. The van der Waals surface area contributed by atoms with Crippen LogP contribution in [0.1, 0.15) is 56.9 Å². The first-order chi connectivity index (χ1) is 16.2. The fraction of sp³-hybridized carbons (Fsp3) is 0.440. The first-order valence-corrected chi connectivity index (χ1v) is 11.7. The van der Waals surface area contributed by atoms with Gasteiger partial charge in [-0.2, -0.15) is 0 Å². The molecule has 0 aliphatic carbocycles. The number of aliphatic imine (C=N–C) groups is 2. The van der Waals surface area contributed by atoms with Gasteiger partial charge >= 0.3 is 0 Å². The van der Waals surface area contributed by atoms with E-state index in [0.29, 0.717) is 23.5 Å². The van der Waals surface area contributed by atoms with Crippen molar-refractivity contribution >= 4 is 29.6 Å². The maximum absolute atomic E-state index is 12.5. The highest BCUT2D eigenvalue weighted by Gasteiger charge is 2.26. The molecule has 9 nitrogen and oxygen atoms in total. The Hall–Kier alpha value is -3.30. The van der Waals surface area contributed by atoms with Gasteiger partial charge in [0.15, 0.2) is 5.84 Å². The summed E-state index contributed by atoms with van der Waals surface area (Å²) in [5.41, 5.74) is 14.2. The van der Waals surface area contributed by atoms with Gasteiger partial charge in [0.05, 0.1) is 17.7 Å². The van der Waals surface area contributed by atoms with Crippen LogP contribution in [0, 0.1) is 10.8 Å². The Morgan fingerprint density at radius 3 is 2.74 bits per heavy atom. The summed E-state index contributed by atoms with van der Waals surface area (Å²) in [4.78, 5) is 27.1. The van der Waals surface area contributed by atoms with Crippen LogP contribution in [0.25, 0.3) is 0 Å². The summed E-state index contributed by atoms with van der Waals surface area (Å²) in [5, 5.41) is 11.1. The molecule has 1 fully saturated rings. The van der Waals surface area contributed by atoms with Gasteiger partial charge in [0.1, 0.15) is 5.84 Å². The third-order valence-corrected chi connectivity index (χ3v) is 6.39. The van der Waals surface area contributed by atoms with Gasteiger partial charge in [0.2, 0.25) is 5.91 Å². The Labute approximate surface area is 201 Å². The number of nitrogens with one attached hydrogen (secondary N) is 3. The van der Waals surface area contributed by atoms with Crippen LogP contribution < -0.4 is 16.8 Å². The minimum atomic E-state index is -0.547. The zero-order chi connectivity index (χ0) is 24.7.